The number of aliphatic carboxylic acids is 1. The summed E-state index contributed by atoms with van der Waals surface area (Å²) in [5.74, 6) is -0.889. The van der Waals surface area contributed by atoms with Gasteiger partial charge in [0, 0.05) is 13.1 Å². The number of β-amino-alcohol motifs (C(OH)–C–C–N with tert-alkyl or cyclic N) is 1. The molecule has 2 fully saturated rings. The van der Waals surface area contributed by atoms with Gasteiger partial charge in [0.1, 0.15) is 0 Å². The molecule has 0 bridgehead atoms. The van der Waals surface area contributed by atoms with Crippen molar-refractivity contribution in [2.75, 3.05) is 39.8 Å². The topological polar surface area (TPSA) is 84.3 Å². The van der Waals surface area contributed by atoms with Crippen LogP contribution in [0.4, 0.5) is 0 Å². The molecule has 2 saturated heterocycles. The number of rotatable bonds is 5. The molecule has 0 aromatic heterocycles. The number of carboxylic acid groups (broad SMARTS) is 1. The Labute approximate surface area is 137 Å². The molecule has 0 spiro atoms. The molecule has 2 unspecified atom stereocenters. The highest BCUT2D eigenvalue weighted by Gasteiger charge is 2.39. The zero-order chi connectivity index (χ0) is 17.0. The molecule has 0 aromatic rings. The van der Waals surface area contributed by atoms with Crippen LogP contribution < -0.4 is 0 Å². The Balaban J connectivity index is 1.93. The van der Waals surface area contributed by atoms with Crippen molar-refractivity contribution in [1.82, 2.24) is 14.7 Å². The number of likely N-dealkylation sites (tertiary alicyclic amines) is 2. The molecule has 7 heteroatoms. The number of likely N-dealkylation sites (N-methyl/N-ethyl adjacent to an activating group) is 1. The van der Waals surface area contributed by atoms with Gasteiger partial charge in [-0.2, -0.15) is 0 Å². The minimum atomic E-state index is -0.928. The fraction of sp³-hybridized carbons (Fsp3) is 0.875. The fourth-order valence-corrected chi connectivity index (χ4v) is 3.62. The van der Waals surface area contributed by atoms with E-state index in [1.165, 1.54) is 12.8 Å². The average Bonchev–Trinajstić information content (AvgIpc) is 2.72. The summed E-state index contributed by atoms with van der Waals surface area (Å²) in [7, 11) is 1.67. The van der Waals surface area contributed by atoms with Crippen molar-refractivity contribution in [3.63, 3.8) is 0 Å². The molecule has 2 heterocycles. The van der Waals surface area contributed by atoms with Crippen molar-refractivity contribution in [3.05, 3.63) is 0 Å². The number of amides is 1. The Morgan fingerprint density at radius 2 is 1.78 bits per heavy atom. The predicted molar refractivity (Wildman–Crippen MR) is 86.1 cm³/mol. The van der Waals surface area contributed by atoms with Gasteiger partial charge in [-0.25, -0.2) is 0 Å². The van der Waals surface area contributed by atoms with Crippen LogP contribution in [0.5, 0.6) is 0 Å². The van der Waals surface area contributed by atoms with E-state index in [1.54, 1.807) is 16.8 Å². The van der Waals surface area contributed by atoms with E-state index in [1.807, 2.05) is 6.92 Å². The summed E-state index contributed by atoms with van der Waals surface area (Å²) in [4.78, 5) is 29.1. The Morgan fingerprint density at radius 1 is 1.17 bits per heavy atom. The molecule has 7 nitrogen and oxygen atoms in total. The lowest BCUT2D eigenvalue weighted by Crippen LogP contribution is -2.48. The molecule has 0 saturated carbocycles. The fourth-order valence-electron chi connectivity index (χ4n) is 3.62. The maximum absolute atomic E-state index is 12.7. The number of aliphatic hydroxyl groups excluding tert-OH is 1. The third-order valence-corrected chi connectivity index (χ3v) is 5.07. The summed E-state index contributed by atoms with van der Waals surface area (Å²) >= 11 is 0. The number of aliphatic hydroxyl groups is 1. The van der Waals surface area contributed by atoms with E-state index < -0.39 is 12.1 Å². The Hall–Kier alpha value is -1.18. The number of carbonyl (C=O) groups excluding carboxylic acids is 1. The van der Waals surface area contributed by atoms with E-state index >= 15 is 0 Å². The summed E-state index contributed by atoms with van der Waals surface area (Å²) in [6.45, 7) is 4.38. The molecule has 23 heavy (non-hydrogen) atoms. The minimum Gasteiger partial charge on any atom is -0.480 e. The molecule has 3 atom stereocenters. The SMILES string of the molecule is CC(C(=O)N1CC(N(C)CC(=O)O)[C@H](O)C1)N1CCCCCC1. The standard InChI is InChI=1S/C16H29N3O4/c1-12(18-7-5-3-4-6-8-18)16(23)19-9-13(14(20)10-19)17(2)11-15(21)22/h12-14,20H,3-11H2,1-2H3,(H,21,22)/t12?,13?,14-/m1/s1. The molecule has 2 rings (SSSR count). The smallest absolute Gasteiger partial charge is 0.317 e. The molecular formula is C16H29N3O4. The lowest BCUT2D eigenvalue weighted by molar-refractivity contribution is -0.138. The second-order valence-electron chi connectivity index (χ2n) is 6.81. The van der Waals surface area contributed by atoms with Crippen molar-refractivity contribution >= 4 is 11.9 Å². The Morgan fingerprint density at radius 3 is 2.35 bits per heavy atom. The number of nitrogens with zero attached hydrogens (tertiary/aromatic N) is 3. The van der Waals surface area contributed by atoms with Crippen LogP contribution in [0, 0.1) is 0 Å². The van der Waals surface area contributed by atoms with Gasteiger partial charge in [-0.1, -0.05) is 12.8 Å². The zero-order valence-corrected chi connectivity index (χ0v) is 14.1. The van der Waals surface area contributed by atoms with Crippen LogP contribution in [0.25, 0.3) is 0 Å². The van der Waals surface area contributed by atoms with Gasteiger partial charge < -0.3 is 15.1 Å². The van der Waals surface area contributed by atoms with Gasteiger partial charge in [-0.15, -0.1) is 0 Å². The van der Waals surface area contributed by atoms with Crippen molar-refractivity contribution in [2.45, 2.75) is 50.8 Å². The molecule has 0 aromatic carbocycles. The van der Waals surface area contributed by atoms with Gasteiger partial charge >= 0.3 is 5.97 Å². The molecular weight excluding hydrogens is 298 g/mol. The van der Waals surface area contributed by atoms with Gasteiger partial charge in [-0.05, 0) is 39.9 Å². The second-order valence-corrected chi connectivity index (χ2v) is 6.81. The molecule has 2 aliphatic rings. The van der Waals surface area contributed by atoms with Crippen molar-refractivity contribution < 1.29 is 19.8 Å². The van der Waals surface area contributed by atoms with Gasteiger partial charge in [0.2, 0.25) is 5.91 Å². The van der Waals surface area contributed by atoms with Crippen LogP contribution in [-0.2, 0) is 9.59 Å². The molecule has 132 valence electrons. The highest BCUT2D eigenvalue weighted by atomic mass is 16.4. The van der Waals surface area contributed by atoms with Crippen molar-refractivity contribution in [2.24, 2.45) is 0 Å². The first kappa shape index (κ1) is 18.2. The number of hydrogen-bond donors (Lipinski definition) is 2. The van der Waals surface area contributed by atoms with Gasteiger partial charge in [0.15, 0.2) is 0 Å². The first-order chi connectivity index (χ1) is 10.9. The van der Waals surface area contributed by atoms with Crippen LogP contribution in [0.3, 0.4) is 0 Å². The van der Waals surface area contributed by atoms with Crippen LogP contribution >= 0.6 is 0 Å². The summed E-state index contributed by atoms with van der Waals surface area (Å²) < 4.78 is 0. The lowest BCUT2D eigenvalue weighted by Gasteiger charge is -2.30. The van der Waals surface area contributed by atoms with E-state index in [9.17, 15) is 14.7 Å². The summed E-state index contributed by atoms with van der Waals surface area (Å²) in [6.07, 6.45) is 4.01. The predicted octanol–water partition coefficient (Wildman–Crippen LogP) is -0.161. The quantitative estimate of drug-likeness (QED) is 0.730. The monoisotopic (exact) mass is 327 g/mol. The highest BCUT2D eigenvalue weighted by Crippen LogP contribution is 2.19. The lowest BCUT2D eigenvalue weighted by atomic mass is 10.2. The summed E-state index contributed by atoms with van der Waals surface area (Å²) in [5.41, 5.74) is 0. The van der Waals surface area contributed by atoms with E-state index in [2.05, 4.69) is 4.90 Å². The Kier molecular flexibility index (Phi) is 6.38. The highest BCUT2D eigenvalue weighted by molar-refractivity contribution is 5.82. The van der Waals surface area contributed by atoms with Gasteiger partial charge in [-0.3, -0.25) is 19.4 Å². The second kappa shape index (κ2) is 8.08. The van der Waals surface area contributed by atoms with Gasteiger partial charge in [0.25, 0.3) is 0 Å². The van der Waals surface area contributed by atoms with Gasteiger partial charge in [0.05, 0.1) is 24.7 Å². The minimum absolute atomic E-state index is 0.0391. The van der Waals surface area contributed by atoms with Crippen LogP contribution in [0.15, 0.2) is 0 Å². The molecule has 0 aliphatic carbocycles. The first-order valence-corrected chi connectivity index (χ1v) is 8.53. The third kappa shape index (κ3) is 4.65. The molecule has 2 aliphatic heterocycles. The first-order valence-electron chi connectivity index (χ1n) is 8.53. The van der Waals surface area contributed by atoms with Crippen molar-refractivity contribution in [3.8, 4) is 0 Å². The maximum Gasteiger partial charge on any atom is 0.317 e. The number of hydrogen-bond acceptors (Lipinski definition) is 5. The normalized spacial score (nSPS) is 27.9. The molecule has 0 radical (unpaired) electrons. The maximum atomic E-state index is 12.7. The van der Waals surface area contributed by atoms with E-state index in [-0.39, 0.29) is 31.1 Å². The van der Waals surface area contributed by atoms with Crippen LogP contribution in [-0.4, -0.2) is 94.7 Å². The van der Waals surface area contributed by atoms with Crippen LogP contribution in [0.2, 0.25) is 0 Å². The van der Waals surface area contributed by atoms with E-state index in [4.69, 9.17) is 5.11 Å². The summed E-state index contributed by atoms with van der Waals surface area (Å²) in [5, 5.41) is 19.1. The van der Waals surface area contributed by atoms with E-state index in [0.29, 0.717) is 6.54 Å². The van der Waals surface area contributed by atoms with Crippen LogP contribution in [0.1, 0.15) is 32.6 Å². The average molecular weight is 327 g/mol. The van der Waals surface area contributed by atoms with E-state index in [0.717, 1.165) is 25.9 Å². The molecule has 2 N–H and O–H groups in total. The van der Waals surface area contributed by atoms with Crippen molar-refractivity contribution in [1.29, 1.82) is 0 Å². The molecule has 1 amide bonds. The third-order valence-electron chi connectivity index (χ3n) is 5.07. The largest absolute Gasteiger partial charge is 0.480 e. The number of carbonyl (C=O) groups is 2. The number of carboxylic acids is 1. The summed E-state index contributed by atoms with van der Waals surface area (Å²) in [6, 6.07) is -0.491. The Bertz CT molecular complexity index is 424. The zero-order valence-electron chi connectivity index (χ0n) is 14.1.